The van der Waals surface area contributed by atoms with Crippen LogP contribution in [0.25, 0.3) is 0 Å². The van der Waals surface area contributed by atoms with Gasteiger partial charge in [0.2, 0.25) is 10.0 Å². The molecule has 0 amide bonds. The van der Waals surface area contributed by atoms with Crippen LogP contribution in [0.5, 0.6) is 0 Å². The fraction of sp³-hybridized carbons (Fsp3) is 0.538. The van der Waals surface area contributed by atoms with E-state index in [1.54, 1.807) is 0 Å². The molecular weight excluding hydrogens is 286 g/mol. The lowest BCUT2D eigenvalue weighted by Crippen LogP contribution is -2.33. The average molecular weight is 304 g/mol. The maximum Gasteiger partial charge on any atom is 0.243 e. The fourth-order valence-corrected chi connectivity index (χ4v) is 3.47. The van der Waals surface area contributed by atoms with Crippen LogP contribution in [0, 0.1) is 17.6 Å². The summed E-state index contributed by atoms with van der Waals surface area (Å²) in [6.07, 6.45) is 2.82. The van der Waals surface area contributed by atoms with Gasteiger partial charge in [-0.05, 0) is 50.4 Å². The Morgan fingerprint density at radius 1 is 1.35 bits per heavy atom. The molecule has 1 aromatic rings. The summed E-state index contributed by atoms with van der Waals surface area (Å²) in [4.78, 5) is -0.640. The van der Waals surface area contributed by atoms with Crippen molar-refractivity contribution in [3.8, 4) is 0 Å². The predicted octanol–water partition coefficient (Wildman–Crippen LogP) is 1.63. The van der Waals surface area contributed by atoms with E-state index in [4.69, 9.17) is 0 Å². The largest absolute Gasteiger partial charge is 0.316 e. The molecule has 1 unspecified atom stereocenters. The maximum atomic E-state index is 13.5. The second kappa shape index (κ2) is 6.60. The van der Waals surface area contributed by atoms with E-state index in [-0.39, 0.29) is 6.54 Å². The van der Waals surface area contributed by atoms with Crippen molar-refractivity contribution in [2.45, 2.75) is 24.2 Å². The van der Waals surface area contributed by atoms with E-state index in [9.17, 15) is 17.2 Å². The van der Waals surface area contributed by atoms with Gasteiger partial charge in [0, 0.05) is 6.54 Å². The lowest BCUT2D eigenvalue weighted by Gasteiger charge is -2.22. The van der Waals surface area contributed by atoms with E-state index >= 15 is 0 Å². The second-order valence-electron chi connectivity index (χ2n) is 4.95. The summed E-state index contributed by atoms with van der Waals surface area (Å²) in [5, 5.41) is 3.24. The predicted molar refractivity (Wildman–Crippen MR) is 71.8 cm³/mol. The van der Waals surface area contributed by atoms with Crippen molar-refractivity contribution in [3.63, 3.8) is 0 Å². The third-order valence-corrected chi connectivity index (χ3v) is 4.93. The van der Waals surface area contributed by atoms with Gasteiger partial charge in [0.05, 0.1) is 0 Å². The number of halogens is 2. The highest BCUT2D eigenvalue weighted by molar-refractivity contribution is 7.89. The minimum absolute atomic E-state index is 0.227. The Balaban J connectivity index is 1.95. The van der Waals surface area contributed by atoms with Crippen LogP contribution in [0.15, 0.2) is 23.1 Å². The maximum absolute atomic E-state index is 13.5. The van der Waals surface area contributed by atoms with Crippen LogP contribution < -0.4 is 10.0 Å². The molecule has 0 aliphatic carbocycles. The highest BCUT2D eigenvalue weighted by atomic mass is 32.2. The monoisotopic (exact) mass is 304 g/mol. The Bertz CT molecular complexity index is 557. The molecule has 1 aliphatic heterocycles. The third-order valence-electron chi connectivity index (χ3n) is 3.45. The minimum Gasteiger partial charge on any atom is -0.316 e. The summed E-state index contributed by atoms with van der Waals surface area (Å²) in [5.74, 6) is -2.08. The van der Waals surface area contributed by atoms with Gasteiger partial charge in [0.1, 0.15) is 4.90 Å². The number of nitrogens with one attached hydrogen (secondary N) is 2. The van der Waals surface area contributed by atoms with Crippen LogP contribution in [-0.2, 0) is 10.0 Å². The Morgan fingerprint density at radius 2 is 2.15 bits per heavy atom. The average Bonchev–Trinajstić information content (AvgIpc) is 2.42. The van der Waals surface area contributed by atoms with Gasteiger partial charge in [-0.2, -0.15) is 0 Å². The second-order valence-corrected chi connectivity index (χ2v) is 6.69. The Hall–Kier alpha value is -1.05. The summed E-state index contributed by atoms with van der Waals surface area (Å²) in [7, 11) is -4.00. The van der Waals surface area contributed by atoms with Crippen LogP contribution >= 0.6 is 0 Å². The standard InChI is InChI=1S/C13H18F2N2O2S/c14-11-4-1-5-12(13(11)15)20(18,19)17-8-6-10-3-2-7-16-9-10/h1,4-5,10,16-17H,2-3,6-9H2. The molecule has 4 nitrogen and oxygen atoms in total. The van der Waals surface area contributed by atoms with E-state index in [2.05, 4.69) is 10.0 Å². The topological polar surface area (TPSA) is 58.2 Å². The summed E-state index contributed by atoms with van der Waals surface area (Å²) >= 11 is 0. The Kier molecular flexibility index (Phi) is 5.06. The van der Waals surface area contributed by atoms with E-state index in [0.717, 1.165) is 38.1 Å². The molecule has 0 radical (unpaired) electrons. The zero-order valence-corrected chi connectivity index (χ0v) is 11.8. The number of rotatable bonds is 5. The van der Waals surface area contributed by atoms with Crippen LogP contribution in [-0.4, -0.2) is 28.1 Å². The van der Waals surface area contributed by atoms with Crippen LogP contribution in [0.2, 0.25) is 0 Å². The fourth-order valence-electron chi connectivity index (χ4n) is 2.34. The van der Waals surface area contributed by atoms with E-state index in [1.165, 1.54) is 6.07 Å². The van der Waals surface area contributed by atoms with Crippen molar-refractivity contribution in [1.29, 1.82) is 0 Å². The molecule has 1 saturated heterocycles. The first-order valence-electron chi connectivity index (χ1n) is 6.65. The molecule has 1 heterocycles. The molecule has 0 bridgehead atoms. The molecule has 2 N–H and O–H groups in total. The minimum atomic E-state index is -4.00. The molecule has 112 valence electrons. The number of hydrogen-bond donors (Lipinski definition) is 2. The smallest absolute Gasteiger partial charge is 0.243 e. The van der Waals surface area contributed by atoms with Crippen molar-refractivity contribution in [3.05, 3.63) is 29.8 Å². The summed E-state index contributed by atoms with van der Waals surface area (Å²) in [6, 6.07) is 3.13. The van der Waals surface area contributed by atoms with Gasteiger partial charge in [0.25, 0.3) is 0 Å². The lowest BCUT2D eigenvalue weighted by molar-refractivity contribution is 0.358. The Labute approximate surface area is 117 Å². The van der Waals surface area contributed by atoms with Gasteiger partial charge in [-0.25, -0.2) is 21.9 Å². The molecule has 1 aromatic carbocycles. The number of piperidine rings is 1. The molecule has 2 rings (SSSR count). The van der Waals surface area contributed by atoms with Crippen molar-refractivity contribution in [1.82, 2.24) is 10.0 Å². The molecule has 0 aromatic heterocycles. The van der Waals surface area contributed by atoms with E-state index < -0.39 is 26.6 Å². The highest BCUT2D eigenvalue weighted by Gasteiger charge is 2.21. The van der Waals surface area contributed by atoms with Gasteiger partial charge in [-0.3, -0.25) is 0 Å². The zero-order chi connectivity index (χ0) is 14.6. The first kappa shape index (κ1) is 15.3. The molecule has 0 saturated carbocycles. The molecule has 1 fully saturated rings. The van der Waals surface area contributed by atoms with E-state index in [0.29, 0.717) is 12.3 Å². The lowest BCUT2D eigenvalue weighted by atomic mass is 9.96. The summed E-state index contributed by atoms with van der Waals surface area (Å²) in [5.41, 5.74) is 0. The van der Waals surface area contributed by atoms with Gasteiger partial charge in [-0.1, -0.05) is 6.07 Å². The number of sulfonamides is 1. The van der Waals surface area contributed by atoms with E-state index in [1.807, 2.05) is 0 Å². The van der Waals surface area contributed by atoms with Crippen molar-refractivity contribution in [2.24, 2.45) is 5.92 Å². The quantitative estimate of drug-likeness (QED) is 0.869. The highest BCUT2D eigenvalue weighted by Crippen LogP contribution is 2.17. The molecule has 0 spiro atoms. The summed E-state index contributed by atoms with van der Waals surface area (Å²) in [6.45, 7) is 2.09. The van der Waals surface area contributed by atoms with Gasteiger partial charge in [-0.15, -0.1) is 0 Å². The molecule has 1 aliphatic rings. The third kappa shape index (κ3) is 3.74. The first-order valence-corrected chi connectivity index (χ1v) is 8.13. The molecule has 7 heteroatoms. The van der Waals surface area contributed by atoms with Crippen molar-refractivity contribution < 1.29 is 17.2 Å². The van der Waals surface area contributed by atoms with Crippen molar-refractivity contribution >= 4 is 10.0 Å². The SMILES string of the molecule is O=S(=O)(NCCC1CCCNC1)c1cccc(F)c1F. The summed E-state index contributed by atoms with van der Waals surface area (Å²) < 4.78 is 52.7. The van der Waals surface area contributed by atoms with Gasteiger partial charge < -0.3 is 5.32 Å². The normalized spacial score (nSPS) is 20.0. The number of benzene rings is 1. The van der Waals surface area contributed by atoms with Crippen LogP contribution in [0.3, 0.4) is 0 Å². The van der Waals surface area contributed by atoms with Gasteiger partial charge in [0.15, 0.2) is 11.6 Å². The van der Waals surface area contributed by atoms with Crippen LogP contribution in [0.4, 0.5) is 8.78 Å². The van der Waals surface area contributed by atoms with Crippen molar-refractivity contribution in [2.75, 3.05) is 19.6 Å². The Morgan fingerprint density at radius 3 is 2.85 bits per heavy atom. The molecule has 1 atom stereocenters. The molecule has 20 heavy (non-hydrogen) atoms. The zero-order valence-electron chi connectivity index (χ0n) is 11.0. The first-order chi connectivity index (χ1) is 9.50. The molecular formula is C13H18F2N2O2S. The number of hydrogen-bond acceptors (Lipinski definition) is 3. The van der Waals surface area contributed by atoms with Gasteiger partial charge >= 0.3 is 0 Å². The van der Waals surface area contributed by atoms with Crippen LogP contribution in [0.1, 0.15) is 19.3 Å².